The van der Waals surface area contributed by atoms with Crippen LogP contribution in [0.1, 0.15) is 64.5 Å². The lowest BCUT2D eigenvalue weighted by Crippen LogP contribution is -2.37. The number of nitriles is 1. The summed E-state index contributed by atoms with van der Waals surface area (Å²) in [7, 11) is 1.51. The molecule has 27 heavy (non-hydrogen) atoms. The van der Waals surface area contributed by atoms with Crippen LogP contribution >= 0.6 is 0 Å². The van der Waals surface area contributed by atoms with Gasteiger partial charge in [-0.15, -0.1) is 0 Å². The first-order valence-corrected chi connectivity index (χ1v) is 9.85. The van der Waals surface area contributed by atoms with Gasteiger partial charge in [-0.3, -0.25) is 0 Å². The first-order chi connectivity index (χ1) is 13.0. The monoisotopic (exact) mass is 374 g/mol. The predicted octanol–water partition coefficient (Wildman–Crippen LogP) is 3.90. The van der Waals surface area contributed by atoms with E-state index in [9.17, 15) is 5.26 Å². The van der Waals surface area contributed by atoms with Crippen molar-refractivity contribution >= 4 is 5.88 Å². The number of nitrogens with one attached hydrogen (secondary N) is 1. The van der Waals surface area contributed by atoms with Gasteiger partial charge in [0.15, 0.2) is 0 Å². The van der Waals surface area contributed by atoms with Crippen molar-refractivity contribution < 1.29 is 13.9 Å². The first kappa shape index (κ1) is 19.6. The molecular weight excluding hydrogens is 344 g/mol. The van der Waals surface area contributed by atoms with Gasteiger partial charge in [0.05, 0.1) is 31.0 Å². The maximum absolute atomic E-state index is 9.75. The van der Waals surface area contributed by atoms with Crippen molar-refractivity contribution in [2.24, 2.45) is 17.6 Å². The Kier molecular flexibility index (Phi) is 5.95. The molecule has 2 aliphatic rings. The van der Waals surface area contributed by atoms with E-state index in [0.29, 0.717) is 23.2 Å². The maximum Gasteiger partial charge on any atom is 0.395 e. The molecule has 148 valence electrons. The van der Waals surface area contributed by atoms with Gasteiger partial charge in [0.1, 0.15) is 11.5 Å². The largest absolute Gasteiger partial charge is 0.453 e. The summed E-state index contributed by atoms with van der Waals surface area (Å²) < 4.78 is 16.9. The molecule has 1 aliphatic carbocycles. The van der Waals surface area contributed by atoms with Crippen molar-refractivity contribution in [3.63, 3.8) is 0 Å². The molecule has 4 unspecified atom stereocenters. The molecule has 0 aromatic carbocycles. The van der Waals surface area contributed by atoms with E-state index < -0.39 is 0 Å². The Morgan fingerprint density at radius 2 is 2.19 bits per heavy atom. The van der Waals surface area contributed by atoms with E-state index in [0.717, 1.165) is 37.8 Å². The third-order valence-corrected chi connectivity index (χ3v) is 5.60. The van der Waals surface area contributed by atoms with E-state index in [4.69, 9.17) is 19.6 Å². The average molecular weight is 374 g/mol. The van der Waals surface area contributed by atoms with E-state index in [2.05, 4.69) is 37.1 Å². The summed E-state index contributed by atoms with van der Waals surface area (Å²) in [6.45, 7) is 6.39. The molecule has 3 N–H and O–H groups in total. The molecule has 0 saturated heterocycles. The number of nitrogens with zero attached hydrogens (tertiary/aromatic N) is 2. The molecule has 1 aromatic rings. The topological polar surface area (TPSA) is 106 Å². The van der Waals surface area contributed by atoms with Crippen LogP contribution in [0.15, 0.2) is 15.8 Å². The number of oxazole rings is 1. The van der Waals surface area contributed by atoms with Crippen LogP contribution in [-0.4, -0.2) is 24.3 Å². The minimum Gasteiger partial charge on any atom is -0.453 e. The maximum atomic E-state index is 9.75. The lowest BCUT2D eigenvalue weighted by atomic mass is 9.69. The smallest absolute Gasteiger partial charge is 0.395 e. The summed E-state index contributed by atoms with van der Waals surface area (Å²) in [6, 6.07) is 2.30. The quantitative estimate of drug-likeness (QED) is 0.777. The van der Waals surface area contributed by atoms with Crippen molar-refractivity contribution in [1.82, 2.24) is 4.98 Å². The molecule has 1 aromatic heterocycles. The summed E-state index contributed by atoms with van der Waals surface area (Å²) in [5.74, 6) is 1.42. The molecular formula is C20H30N4O3. The average Bonchev–Trinajstić information content (AvgIpc) is 3.04. The second-order valence-electron chi connectivity index (χ2n) is 7.79. The molecule has 2 heterocycles. The number of rotatable bonds is 6. The molecule has 3 rings (SSSR count). The van der Waals surface area contributed by atoms with Crippen molar-refractivity contribution in [3.05, 3.63) is 17.1 Å². The molecule has 0 amide bonds. The second-order valence-corrected chi connectivity index (χ2v) is 7.79. The van der Waals surface area contributed by atoms with Crippen molar-refractivity contribution in [3.8, 4) is 12.1 Å². The van der Waals surface area contributed by atoms with Gasteiger partial charge in [-0.1, -0.05) is 13.3 Å². The van der Waals surface area contributed by atoms with Gasteiger partial charge in [-0.2, -0.15) is 10.2 Å². The SMILES string of the molecule is CCCC1CC(C2C(C#N)=C(N)Nc3oc(OC)nc32)CCC1OC(C)C. The zero-order valence-electron chi connectivity index (χ0n) is 16.6. The van der Waals surface area contributed by atoms with E-state index in [1.54, 1.807) is 0 Å². The standard InChI is InChI=1S/C20H30N4O3/c1-5-6-12-9-13(7-8-15(12)26-11(2)3)16-14(10-21)18(22)24-19-17(16)23-20(25-4)27-19/h11-13,15-16,24H,5-9,22H2,1-4H3. The molecule has 0 radical (unpaired) electrons. The number of fused-ring (bicyclic) bond motifs is 1. The van der Waals surface area contributed by atoms with Gasteiger partial charge in [0, 0.05) is 5.92 Å². The van der Waals surface area contributed by atoms with Crippen LogP contribution in [0.25, 0.3) is 0 Å². The number of ether oxygens (including phenoxy) is 2. The highest BCUT2D eigenvalue weighted by Gasteiger charge is 2.42. The highest BCUT2D eigenvalue weighted by atomic mass is 16.6. The number of nitrogens with two attached hydrogens (primary N) is 1. The number of aromatic nitrogens is 1. The number of methoxy groups -OCH3 is 1. The van der Waals surface area contributed by atoms with Crippen LogP contribution in [0.5, 0.6) is 6.08 Å². The molecule has 1 saturated carbocycles. The molecule has 1 fully saturated rings. The number of hydrogen-bond donors (Lipinski definition) is 2. The van der Waals surface area contributed by atoms with Crippen LogP contribution in [0.3, 0.4) is 0 Å². The third-order valence-electron chi connectivity index (χ3n) is 5.60. The second kappa shape index (κ2) is 8.22. The van der Waals surface area contributed by atoms with Gasteiger partial charge in [-0.25, -0.2) is 0 Å². The van der Waals surface area contributed by atoms with Crippen molar-refractivity contribution in [1.29, 1.82) is 5.26 Å². The van der Waals surface area contributed by atoms with Crippen molar-refractivity contribution in [2.75, 3.05) is 12.4 Å². The minimum absolute atomic E-state index is 0.168. The highest BCUT2D eigenvalue weighted by Crippen LogP contribution is 2.48. The van der Waals surface area contributed by atoms with Crippen LogP contribution in [0, 0.1) is 23.2 Å². The van der Waals surface area contributed by atoms with Gasteiger partial charge in [0.2, 0.25) is 5.88 Å². The Bertz CT molecular complexity index is 734. The van der Waals surface area contributed by atoms with E-state index in [1.807, 2.05) is 0 Å². The Morgan fingerprint density at radius 3 is 2.81 bits per heavy atom. The Balaban J connectivity index is 1.90. The van der Waals surface area contributed by atoms with Gasteiger partial charge >= 0.3 is 6.08 Å². The molecule has 4 atom stereocenters. The zero-order chi connectivity index (χ0) is 19.6. The highest BCUT2D eigenvalue weighted by molar-refractivity contribution is 5.57. The Hall–Kier alpha value is -2.20. The zero-order valence-corrected chi connectivity index (χ0v) is 16.6. The summed E-state index contributed by atoms with van der Waals surface area (Å²) in [5.41, 5.74) is 7.40. The summed E-state index contributed by atoms with van der Waals surface area (Å²) >= 11 is 0. The number of anilines is 1. The lowest BCUT2D eigenvalue weighted by Gasteiger charge is -2.40. The van der Waals surface area contributed by atoms with E-state index in [-0.39, 0.29) is 30.1 Å². The third kappa shape index (κ3) is 3.91. The van der Waals surface area contributed by atoms with Crippen molar-refractivity contribution in [2.45, 2.75) is 71.0 Å². The fourth-order valence-electron chi connectivity index (χ4n) is 4.56. The predicted molar refractivity (Wildman–Crippen MR) is 102 cm³/mol. The van der Waals surface area contributed by atoms with Gasteiger partial charge in [-0.05, 0) is 51.4 Å². The van der Waals surface area contributed by atoms with Gasteiger partial charge in [0.25, 0.3) is 0 Å². The van der Waals surface area contributed by atoms with Crippen LogP contribution in [0.2, 0.25) is 0 Å². The van der Waals surface area contributed by atoms with E-state index in [1.165, 1.54) is 7.11 Å². The fraction of sp³-hybridized carbons (Fsp3) is 0.700. The van der Waals surface area contributed by atoms with Gasteiger partial charge < -0.3 is 24.9 Å². The summed E-state index contributed by atoms with van der Waals surface area (Å²) in [5, 5.41) is 12.7. The van der Waals surface area contributed by atoms with Crippen LogP contribution < -0.4 is 15.8 Å². The molecule has 7 heteroatoms. The number of hydrogen-bond acceptors (Lipinski definition) is 7. The summed E-state index contributed by atoms with van der Waals surface area (Å²) in [4.78, 5) is 4.47. The molecule has 7 nitrogen and oxygen atoms in total. The molecule has 1 aliphatic heterocycles. The van der Waals surface area contributed by atoms with Crippen LogP contribution in [0.4, 0.5) is 5.88 Å². The first-order valence-electron chi connectivity index (χ1n) is 9.85. The normalized spacial score (nSPS) is 27.9. The number of allylic oxidation sites excluding steroid dienone is 1. The van der Waals surface area contributed by atoms with E-state index >= 15 is 0 Å². The molecule has 0 spiro atoms. The Labute approximate surface area is 160 Å². The fourth-order valence-corrected chi connectivity index (χ4v) is 4.56. The lowest BCUT2D eigenvalue weighted by molar-refractivity contribution is -0.0581. The molecule has 0 bridgehead atoms. The Morgan fingerprint density at radius 1 is 1.41 bits per heavy atom. The summed E-state index contributed by atoms with van der Waals surface area (Å²) in [6.07, 6.45) is 5.87. The minimum atomic E-state index is -0.168. The van der Waals surface area contributed by atoms with Crippen LogP contribution in [-0.2, 0) is 4.74 Å².